The van der Waals surface area contributed by atoms with Gasteiger partial charge in [-0.15, -0.1) is 0 Å². The van der Waals surface area contributed by atoms with Crippen LogP contribution in [0, 0.1) is 0 Å². The van der Waals surface area contributed by atoms with E-state index >= 15 is 0 Å². The number of benzene rings is 1. The molecule has 0 radical (unpaired) electrons. The van der Waals surface area contributed by atoms with Gasteiger partial charge in [0.2, 0.25) is 0 Å². The summed E-state index contributed by atoms with van der Waals surface area (Å²) in [7, 11) is -1.68. The first-order valence-electron chi connectivity index (χ1n) is 7.01. The van der Waals surface area contributed by atoms with Crippen molar-refractivity contribution in [2.75, 3.05) is 7.11 Å². The molecule has 0 spiro atoms. The van der Waals surface area contributed by atoms with Gasteiger partial charge < -0.3 is 9.05 Å². The topological polar surface area (TPSA) is 52.6 Å². The summed E-state index contributed by atoms with van der Waals surface area (Å²) in [5.74, 6) is 0.490. The fraction of sp³-hybridized carbons (Fsp3) is 0.533. The average molecular weight is 296 g/mol. The van der Waals surface area contributed by atoms with E-state index in [1.54, 1.807) is 24.3 Å². The Morgan fingerprint density at radius 3 is 2.25 bits per heavy atom. The van der Waals surface area contributed by atoms with Crippen LogP contribution in [0.15, 0.2) is 24.3 Å². The van der Waals surface area contributed by atoms with Crippen LogP contribution in [0.25, 0.3) is 0 Å². The molecule has 0 aromatic heterocycles. The van der Waals surface area contributed by atoms with Gasteiger partial charge in [0.05, 0.1) is 5.66 Å². The number of hydrogen-bond donors (Lipinski definition) is 0. The summed E-state index contributed by atoms with van der Waals surface area (Å²) < 4.78 is 23.7. The van der Waals surface area contributed by atoms with E-state index in [1.165, 1.54) is 20.5 Å². The predicted molar refractivity (Wildman–Crippen MR) is 78.6 cm³/mol. The Kier molecular flexibility index (Phi) is 5.00. The van der Waals surface area contributed by atoms with Crippen molar-refractivity contribution in [2.45, 2.75) is 44.7 Å². The van der Waals surface area contributed by atoms with Gasteiger partial charge in [-0.2, -0.15) is 0 Å². The molecule has 1 aliphatic rings. The molecule has 2 rings (SSSR count). The number of hydrogen-bond acceptors (Lipinski definition) is 4. The molecule has 0 aliphatic heterocycles. The second kappa shape index (κ2) is 6.55. The first-order chi connectivity index (χ1) is 9.55. The fourth-order valence-corrected chi connectivity index (χ4v) is 4.49. The summed E-state index contributed by atoms with van der Waals surface area (Å²) in [5.41, 5.74) is 0.594. The van der Waals surface area contributed by atoms with Crippen LogP contribution in [0.3, 0.4) is 0 Å². The second-order valence-corrected chi connectivity index (χ2v) is 7.54. The van der Waals surface area contributed by atoms with Crippen molar-refractivity contribution in [3.05, 3.63) is 29.8 Å². The highest BCUT2D eigenvalue weighted by Crippen LogP contribution is 2.56. The Morgan fingerprint density at radius 1 is 1.15 bits per heavy atom. The number of carbonyl (C=O) groups excluding carboxylic acids is 1. The maximum absolute atomic E-state index is 12.8. The van der Waals surface area contributed by atoms with Gasteiger partial charge in [-0.05, 0) is 44.0 Å². The highest BCUT2D eigenvalue weighted by atomic mass is 31.2. The van der Waals surface area contributed by atoms with Crippen LogP contribution in [0.2, 0.25) is 0 Å². The van der Waals surface area contributed by atoms with Crippen LogP contribution in [0.4, 0.5) is 0 Å². The third-order valence-electron chi connectivity index (χ3n) is 3.77. The highest BCUT2D eigenvalue weighted by molar-refractivity contribution is 7.55. The molecular formula is C15H21O4P. The molecule has 1 aromatic rings. The lowest BCUT2D eigenvalue weighted by Gasteiger charge is -2.28. The standard InChI is InChI=1S/C15H21O4P/c1-12(16)13-8-10-14(11-9-13)19-20(17,18-2)15-6-4-3-5-7-15/h8-11,15H,3-7H2,1-2H3. The van der Waals surface area contributed by atoms with Crippen LogP contribution in [-0.4, -0.2) is 18.6 Å². The Bertz CT molecular complexity index is 503. The first kappa shape index (κ1) is 15.3. The van der Waals surface area contributed by atoms with Gasteiger partial charge in [-0.25, -0.2) is 4.57 Å². The maximum Gasteiger partial charge on any atom is 0.381 e. The molecule has 0 amide bonds. The maximum atomic E-state index is 12.8. The van der Waals surface area contributed by atoms with E-state index in [0.29, 0.717) is 11.3 Å². The Hall–Kier alpha value is -1.12. The van der Waals surface area contributed by atoms with Crippen LogP contribution in [0.1, 0.15) is 49.4 Å². The zero-order valence-corrected chi connectivity index (χ0v) is 12.9. The lowest BCUT2D eigenvalue weighted by Crippen LogP contribution is -2.17. The number of rotatable bonds is 5. The molecule has 4 nitrogen and oxygen atoms in total. The first-order valence-corrected chi connectivity index (χ1v) is 8.62. The summed E-state index contributed by atoms with van der Waals surface area (Å²) in [6.07, 6.45) is 5.11. The molecule has 20 heavy (non-hydrogen) atoms. The van der Waals surface area contributed by atoms with Crippen molar-refractivity contribution < 1.29 is 18.4 Å². The van der Waals surface area contributed by atoms with Crippen molar-refractivity contribution in [2.24, 2.45) is 0 Å². The number of carbonyl (C=O) groups is 1. The Labute approximate surface area is 120 Å². The van der Waals surface area contributed by atoms with Gasteiger partial charge in [0, 0.05) is 12.7 Å². The van der Waals surface area contributed by atoms with Crippen LogP contribution >= 0.6 is 7.60 Å². The average Bonchev–Trinajstić information content (AvgIpc) is 2.48. The number of Topliss-reactive ketones (excluding diaryl/α,β-unsaturated/α-hetero) is 1. The van der Waals surface area contributed by atoms with E-state index in [2.05, 4.69) is 0 Å². The van der Waals surface area contributed by atoms with Crippen LogP contribution in [0.5, 0.6) is 5.75 Å². The zero-order chi connectivity index (χ0) is 14.6. The van der Waals surface area contributed by atoms with Gasteiger partial charge in [-0.3, -0.25) is 4.79 Å². The van der Waals surface area contributed by atoms with Gasteiger partial charge in [0.1, 0.15) is 5.75 Å². The normalized spacial score (nSPS) is 19.3. The highest BCUT2D eigenvalue weighted by Gasteiger charge is 2.37. The Morgan fingerprint density at radius 2 is 1.75 bits per heavy atom. The van der Waals surface area contributed by atoms with E-state index in [9.17, 15) is 9.36 Å². The predicted octanol–water partition coefficient (Wildman–Crippen LogP) is 4.44. The minimum absolute atomic E-state index is 0.00115. The van der Waals surface area contributed by atoms with E-state index < -0.39 is 7.60 Å². The molecular weight excluding hydrogens is 275 g/mol. The molecule has 0 bridgehead atoms. The SMILES string of the molecule is COP(=O)(Oc1ccc(C(C)=O)cc1)C1CCCCC1. The lowest BCUT2D eigenvalue weighted by atomic mass is 10.0. The molecule has 1 unspecified atom stereocenters. The fourth-order valence-electron chi connectivity index (χ4n) is 2.56. The van der Waals surface area contributed by atoms with Crippen LogP contribution < -0.4 is 4.52 Å². The third-order valence-corrected chi connectivity index (χ3v) is 6.15. The minimum atomic E-state index is -3.12. The van der Waals surface area contributed by atoms with E-state index in [1.807, 2.05) is 0 Å². The molecule has 1 fully saturated rings. The third kappa shape index (κ3) is 3.50. The largest absolute Gasteiger partial charge is 0.424 e. The molecule has 1 saturated carbocycles. The van der Waals surface area contributed by atoms with E-state index in [-0.39, 0.29) is 11.4 Å². The summed E-state index contributed by atoms with van der Waals surface area (Å²) in [6, 6.07) is 6.70. The number of ketones is 1. The molecule has 0 N–H and O–H groups in total. The summed E-state index contributed by atoms with van der Waals surface area (Å²) in [4.78, 5) is 11.2. The Balaban J connectivity index is 2.12. The molecule has 110 valence electrons. The van der Waals surface area contributed by atoms with Crippen molar-refractivity contribution in [1.29, 1.82) is 0 Å². The molecule has 0 heterocycles. The van der Waals surface area contributed by atoms with Gasteiger partial charge in [-0.1, -0.05) is 19.3 Å². The van der Waals surface area contributed by atoms with Gasteiger partial charge >= 0.3 is 7.60 Å². The molecule has 1 aliphatic carbocycles. The summed E-state index contributed by atoms with van der Waals surface area (Å²) in [5, 5.41) is 0. The molecule has 1 atom stereocenters. The summed E-state index contributed by atoms with van der Waals surface area (Å²) >= 11 is 0. The zero-order valence-electron chi connectivity index (χ0n) is 12.0. The van der Waals surface area contributed by atoms with Crippen molar-refractivity contribution in [1.82, 2.24) is 0 Å². The van der Waals surface area contributed by atoms with Crippen molar-refractivity contribution >= 4 is 13.4 Å². The quantitative estimate of drug-likeness (QED) is 0.595. The molecule has 1 aromatic carbocycles. The second-order valence-electron chi connectivity index (χ2n) is 5.19. The van der Waals surface area contributed by atoms with E-state index in [4.69, 9.17) is 9.05 Å². The molecule has 0 saturated heterocycles. The van der Waals surface area contributed by atoms with Crippen molar-refractivity contribution in [3.8, 4) is 5.75 Å². The lowest BCUT2D eigenvalue weighted by molar-refractivity contribution is 0.101. The van der Waals surface area contributed by atoms with E-state index in [0.717, 1.165) is 25.7 Å². The minimum Gasteiger partial charge on any atom is -0.424 e. The monoisotopic (exact) mass is 296 g/mol. The smallest absolute Gasteiger partial charge is 0.381 e. The van der Waals surface area contributed by atoms with Crippen LogP contribution in [-0.2, 0) is 9.09 Å². The molecule has 5 heteroatoms. The van der Waals surface area contributed by atoms with Gasteiger partial charge in [0.15, 0.2) is 5.78 Å². The summed E-state index contributed by atoms with van der Waals surface area (Å²) in [6.45, 7) is 1.51. The van der Waals surface area contributed by atoms with Crippen molar-refractivity contribution in [3.63, 3.8) is 0 Å². The van der Waals surface area contributed by atoms with Gasteiger partial charge in [0.25, 0.3) is 0 Å².